The summed E-state index contributed by atoms with van der Waals surface area (Å²) >= 11 is 0. The summed E-state index contributed by atoms with van der Waals surface area (Å²) in [5.41, 5.74) is 1.95. The number of alkyl halides is 2. The Hall–Kier alpha value is -2.25. The van der Waals surface area contributed by atoms with E-state index in [-0.39, 0.29) is 11.6 Å². The number of rotatable bonds is 5. The van der Waals surface area contributed by atoms with Crippen LogP contribution in [0.4, 0.5) is 8.78 Å². The quantitative estimate of drug-likeness (QED) is 0.919. The van der Waals surface area contributed by atoms with Gasteiger partial charge in [0.15, 0.2) is 0 Å². The Morgan fingerprint density at radius 1 is 1.36 bits per heavy atom. The van der Waals surface area contributed by atoms with E-state index in [0.29, 0.717) is 12.2 Å². The van der Waals surface area contributed by atoms with Crippen molar-refractivity contribution in [3.05, 3.63) is 34.9 Å². The number of aromatic nitrogens is 4. The van der Waals surface area contributed by atoms with Crippen LogP contribution in [-0.4, -0.2) is 25.5 Å². The van der Waals surface area contributed by atoms with Crippen LogP contribution in [0.1, 0.15) is 42.0 Å². The molecular weight excluding hydrogens is 292 g/mol. The third kappa shape index (κ3) is 3.32. The fourth-order valence-electron chi connectivity index (χ4n) is 2.27. The van der Waals surface area contributed by atoms with Gasteiger partial charge < -0.3 is 5.32 Å². The van der Waals surface area contributed by atoms with Gasteiger partial charge in [0.05, 0.1) is 5.69 Å². The zero-order chi connectivity index (χ0) is 16.4. The molecule has 22 heavy (non-hydrogen) atoms. The van der Waals surface area contributed by atoms with Crippen molar-refractivity contribution in [1.82, 2.24) is 24.9 Å². The molecule has 2 heterocycles. The third-order valence-corrected chi connectivity index (χ3v) is 3.48. The molecule has 0 aliphatic rings. The Labute approximate surface area is 127 Å². The van der Waals surface area contributed by atoms with E-state index in [2.05, 4.69) is 15.5 Å². The largest absolute Gasteiger partial charge is 0.350 e. The normalized spacial score (nSPS) is 12.7. The van der Waals surface area contributed by atoms with Crippen molar-refractivity contribution in [1.29, 1.82) is 0 Å². The van der Waals surface area contributed by atoms with Gasteiger partial charge in [-0.3, -0.25) is 14.2 Å². The number of hydrogen-bond acceptors (Lipinski definition) is 3. The van der Waals surface area contributed by atoms with Crippen molar-refractivity contribution in [2.45, 2.75) is 39.8 Å². The van der Waals surface area contributed by atoms with Crippen LogP contribution in [0, 0.1) is 13.8 Å². The number of hydrogen-bond donors (Lipinski definition) is 1. The summed E-state index contributed by atoms with van der Waals surface area (Å²) in [7, 11) is 1.81. The Balaban J connectivity index is 2.04. The summed E-state index contributed by atoms with van der Waals surface area (Å²) in [5.74, 6) is -0.282. The fourth-order valence-corrected chi connectivity index (χ4v) is 2.27. The van der Waals surface area contributed by atoms with Gasteiger partial charge in [-0.2, -0.15) is 10.2 Å². The van der Waals surface area contributed by atoms with Crippen LogP contribution in [0.15, 0.2) is 12.3 Å². The lowest BCUT2D eigenvalue weighted by atomic mass is 10.2. The molecule has 2 aromatic rings. The highest BCUT2D eigenvalue weighted by molar-refractivity contribution is 5.79. The first-order chi connectivity index (χ1) is 10.3. The number of aryl methyl sites for hydroxylation is 3. The average molecular weight is 311 g/mol. The second kappa shape index (κ2) is 6.25. The first-order valence-corrected chi connectivity index (χ1v) is 6.90. The lowest BCUT2D eigenvalue weighted by Gasteiger charge is -2.14. The van der Waals surface area contributed by atoms with Gasteiger partial charge in [0.1, 0.15) is 11.7 Å². The standard InChI is InChI=1S/C14H19F2N5O/c1-8-5-12(13(15)16)19-21(8)10(3)14(22)17-6-11-7-20(4)18-9(11)2/h5,7,10,13H,6H2,1-4H3,(H,17,22). The molecule has 2 aromatic heterocycles. The topological polar surface area (TPSA) is 64.7 Å². The van der Waals surface area contributed by atoms with Gasteiger partial charge in [0.2, 0.25) is 5.91 Å². The first kappa shape index (κ1) is 16.1. The minimum Gasteiger partial charge on any atom is -0.350 e. The zero-order valence-corrected chi connectivity index (χ0v) is 13.0. The van der Waals surface area contributed by atoms with Gasteiger partial charge >= 0.3 is 0 Å². The molecular formula is C14H19F2N5O. The molecule has 0 saturated carbocycles. The molecule has 0 radical (unpaired) electrons. The van der Waals surface area contributed by atoms with Crippen molar-refractivity contribution < 1.29 is 13.6 Å². The fraction of sp³-hybridized carbons (Fsp3) is 0.500. The molecule has 120 valence electrons. The van der Waals surface area contributed by atoms with E-state index in [0.717, 1.165) is 11.3 Å². The molecule has 2 rings (SSSR count). The maximum Gasteiger partial charge on any atom is 0.282 e. The van der Waals surface area contributed by atoms with Crippen LogP contribution in [0.25, 0.3) is 0 Å². The van der Waals surface area contributed by atoms with Gasteiger partial charge in [-0.05, 0) is 26.8 Å². The average Bonchev–Trinajstić information content (AvgIpc) is 2.98. The molecule has 0 bridgehead atoms. The molecule has 1 amide bonds. The number of carbonyl (C=O) groups excluding carboxylic acids is 1. The van der Waals surface area contributed by atoms with Crippen LogP contribution in [-0.2, 0) is 18.4 Å². The molecule has 0 aromatic carbocycles. The van der Waals surface area contributed by atoms with E-state index in [1.165, 1.54) is 10.7 Å². The third-order valence-electron chi connectivity index (χ3n) is 3.48. The highest BCUT2D eigenvalue weighted by atomic mass is 19.3. The number of amides is 1. The maximum atomic E-state index is 12.7. The summed E-state index contributed by atoms with van der Waals surface area (Å²) in [6, 6.07) is 0.629. The number of carbonyl (C=O) groups is 1. The highest BCUT2D eigenvalue weighted by Crippen LogP contribution is 2.20. The number of halogens is 2. The van der Waals surface area contributed by atoms with Crippen LogP contribution >= 0.6 is 0 Å². The van der Waals surface area contributed by atoms with Crippen LogP contribution in [0.5, 0.6) is 0 Å². The van der Waals surface area contributed by atoms with Crippen LogP contribution < -0.4 is 5.32 Å². The lowest BCUT2D eigenvalue weighted by Crippen LogP contribution is -2.31. The smallest absolute Gasteiger partial charge is 0.282 e. The summed E-state index contributed by atoms with van der Waals surface area (Å²) < 4.78 is 28.3. The second-order valence-corrected chi connectivity index (χ2v) is 5.26. The van der Waals surface area contributed by atoms with Gasteiger partial charge in [0, 0.05) is 31.0 Å². The van der Waals surface area contributed by atoms with Crippen molar-refractivity contribution in [3.63, 3.8) is 0 Å². The molecule has 0 aliphatic heterocycles. The molecule has 6 nitrogen and oxygen atoms in total. The van der Waals surface area contributed by atoms with Crippen molar-refractivity contribution in [3.8, 4) is 0 Å². The van der Waals surface area contributed by atoms with Gasteiger partial charge in [-0.1, -0.05) is 0 Å². The molecule has 0 aliphatic carbocycles. The van der Waals surface area contributed by atoms with E-state index >= 15 is 0 Å². The number of nitrogens with zero attached hydrogens (tertiary/aromatic N) is 4. The van der Waals surface area contributed by atoms with Gasteiger partial charge in [-0.15, -0.1) is 0 Å². The molecule has 8 heteroatoms. The van der Waals surface area contributed by atoms with E-state index in [1.807, 2.05) is 13.1 Å². The molecule has 1 N–H and O–H groups in total. The SMILES string of the molecule is Cc1nn(C)cc1CNC(=O)C(C)n1nc(C(F)F)cc1C. The monoisotopic (exact) mass is 311 g/mol. The predicted molar refractivity (Wildman–Crippen MR) is 76.4 cm³/mol. The molecule has 0 saturated heterocycles. The Kier molecular flexibility index (Phi) is 4.58. The van der Waals surface area contributed by atoms with Crippen LogP contribution in [0.2, 0.25) is 0 Å². The number of nitrogens with one attached hydrogen (secondary N) is 1. The summed E-state index contributed by atoms with van der Waals surface area (Å²) in [4.78, 5) is 12.2. The second-order valence-electron chi connectivity index (χ2n) is 5.26. The van der Waals surface area contributed by atoms with E-state index in [1.54, 1.807) is 25.6 Å². The summed E-state index contributed by atoms with van der Waals surface area (Å²) in [6.07, 6.45) is -0.817. The molecule has 0 spiro atoms. The van der Waals surface area contributed by atoms with E-state index < -0.39 is 12.5 Å². The predicted octanol–water partition coefficient (Wildman–Crippen LogP) is 2.05. The molecule has 0 fully saturated rings. The lowest BCUT2D eigenvalue weighted by molar-refractivity contribution is -0.124. The first-order valence-electron chi connectivity index (χ1n) is 6.90. The Morgan fingerprint density at radius 2 is 2.05 bits per heavy atom. The summed E-state index contributed by atoms with van der Waals surface area (Å²) in [6.45, 7) is 5.47. The van der Waals surface area contributed by atoms with E-state index in [4.69, 9.17) is 0 Å². The van der Waals surface area contributed by atoms with Crippen molar-refractivity contribution in [2.24, 2.45) is 7.05 Å². The van der Waals surface area contributed by atoms with Gasteiger partial charge in [0.25, 0.3) is 6.43 Å². The Morgan fingerprint density at radius 3 is 2.55 bits per heavy atom. The Bertz CT molecular complexity index is 677. The minimum atomic E-state index is -2.65. The summed E-state index contributed by atoms with van der Waals surface area (Å²) in [5, 5.41) is 10.8. The molecule has 1 atom stereocenters. The van der Waals surface area contributed by atoms with Crippen molar-refractivity contribution in [2.75, 3.05) is 0 Å². The maximum absolute atomic E-state index is 12.7. The van der Waals surface area contributed by atoms with Gasteiger partial charge in [-0.25, -0.2) is 8.78 Å². The molecule has 1 unspecified atom stereocenters. The minimum absolute atomic E-state index is 0.282. The van der Waals surface area contributed by atoms with Crippen molar-refractivity contribution >= 4 is 5.91 Å². The highest BCUT2D eigenvalue weighted by Gasteiger charge is 2.21. The van der Waals surface area contributed by atoms with Crippen LogP contribution in [0.3, 0.4) is 0 Å². The van der Waals surface area contributed by atoms with E-state index in [9.17, 15) is 13.6 Å². The zero-order valence-electron chi connectivity index (χ0n) is 13.0.